The number of halogens is 2. The monoisotopic (exact) mass is 389 g/mol. The first-order valence-corrected chi connectivity index (χ1v) is 8.30. The average Bonchev–Trinajstić information content (AvgIpc) is 3.03. The van der Waals surface area contributed by atoms with E-state index in [1.807, 2.05) is 0 Å². The van der Waals surface area contributed by atoms with Crippen LogP contribution in [0.1, 0.15) is 18.1 Å². The van der Waals surface area contributed by atoms with Crippen LogP contribution in [0.4, 0.5) is 25.2 Å². The van der Waals surface area contributed by atoms with Crippen LogP contribution in [0, 0.1) is 5.82 Å². The molecule has 2 aromatic rings. The minimum atomic E-state index is -0.734. The molecule has 1 fully saturated rings. The van der Waals surface area contributed by atoms with Crippen LogP contribution in [0.3, 0.4) is 0 Å². The lowest BCUT2D eigenvalue weighted by atomic mass is 10.1. The number of ether oxygens (including phenoxy) is 1. The predicted octanol–water partition coefficient (Wildman–Crippen LogP) is 2.13. The highest BCUT2D eigenvalue weighted by atomic mass is 19.1. The lowest BCUT2D eigenvalue weighted by molar-refractivity contribution is -0.119. The number of nitrogens with two attached hydrogens (primary N) is 1. The van der Waals surface area contributed by atoms with Crippen LogP contribution in [0.25, 0.3) is 11.9 Å². The minimum Gasteiger partial charge on any atom is -0.442 e. The molecule has 1 aliphatic heterocycles. The van der Waals surface area contributed by atoms with E-state index >= 15 is 0 Å². The van der Waals surface area contributed by atoms with Gasteiger partial charge < -0.3 is 15.8 Å². The van der Waals surface area contributed by atoms with Crippen molar-refractivity contribution >= 4 is 35.5 Å². The number of aromatic nitrogens is 2. The quantitative estimate of drug-likeness (QED) is 0.811. The van der Waals surface area contributed by atoms with E-state index in [0.29, 0.717) is 0 Å². The van der Waals surface area contributed by atoms with E-state index in [4.69, 9.17) is 10.5 Å². The van der Waals surface area contributed by atoms with Gasteiger partial charge in [0.15, 0.2) is 0 Å². The third-order valence-electron chi connectivity index (χ3n) is 3.98. The van der Waals surface area contributed by atoms with Crippen LogP contribution in [0.5, 0.6) is 0 Å². The van der Waals surface area contributed by atoms with E-state index in [0.717, 1.165) is 12.1 Å². The Morgan fingerprint density at radius 2 is 2.14 bits per heavy atom. The van der Waals surface area contributed by atoms with Gasteiger partial charge in [-0.2, -0.15) is 0 Å². The summed E-state index contributed by atoms with van der Waals surface area (Å²) in [6.07, 6.45) is 2.19. The zero-order chi connectivity index (χ0) is 20.3. The molecule has 1 aromatic carbocycles. The number of carbonyl (C=O) groups is 2. The molecule has 10 heteroatoms. The average molecular weight is 389 g/mol. The maximum absolute atomic E-state index is 14.4. The van der Waals surface area contributed by atoms with Crippen molar-refractivity contribution in [1.29, 1.82) is 0 Å². The summed E-state index contributed by atoms with van der Waals surface area (Å²) in [6.45, 7) is 1.67. The summed E-state index contributed by atoms with van der Waals surface area (Å²) in [4.78, 5) is 31.5. The first kappa shape index (κ1) is 19.2. The van der Waals surface area contributed by atoms with Crippen molar-refractivity contribution in [2.45, 2.75) is 13.0 Å². The van der Waals surface area contributed by atoms with Crippen molar-refractivity contribution < 1.29 is 23.1 Å². The van der Waals surface area contributed by atoms with Gasteiger partial charge in [0, 0.05) is 30.4 Å². The maximum Gasteiger partial charge on any atom is 0.414 e. The van der Waals surface area contributed by atoms with Gasteiger partial charge in [-0.3, -0.25) is 9.69 Å². The SMILES string of the molecule is CC(=O)NC[C@H]1CN(c2ccc(C=C(F)c3cnc(N)nc3)c(F)c2)C(=O)O1. The molecule has 0 saturated carbocycles. The third kappa shape index (κ3) is 4.40. The van der Waals surface area contributed by atoms with Crippen molar-refractivity contribution in [2.75, 3.05) is 23.7 Å². The van der Waals surface area contributed by atoms with Gasteiger partial charge in [-0.1, -0.05) is 0 Å². The van der Waals surface area contributed by atoms with E-state index < -0.39 is 23.8 Å². The van der Waals surface area contributed by atoms with Crippen LogP contribution in [-0.2, 0) is 9.53 Å². The molecule has 3 rings (SSSR count). The van der Waals surface area contributed by atoms with Crippen LogP contribution in [-0.4, -0.2) is 41.2 Å². The van der Waals surface area contributed by atoms with Gasteiger partial charge in [0.1, 0.15) is 17.7 Å². The van der Waals surface area contributed by atoms with E-state index in [1.54, 1.807) is 0 Å². The summed E-state index contributed by atoms with van der Waals surface area (Å²) in [7, 11) is 0. The molecular weight excluding hydrogens is 372 g/mol. The molecule has 28 heavy (non-hydrogen) atoms. The fraction of sp³-hybridized carbons (Fsp3) is 0.222. The van der Waals surface area contributed by atoms with Gasteiger partial charge in [0.2, 0.25) is 11.9 Å². The summed E-state index contributed by atoms with van der Waals surface area (Å²) < 4.78 is 33.8. The van der Waals surface area contributed by atoms with Crippen LogP contribution in [0.15, 0.2) is 30.6 Å². The Morgan fingerprint density at radius 3 is 2.79 bits per heavy atom. The number of amides is 2. The molecule has 0 unspecified atom stereocenters. The Labute approximate surface area is 159 Å². The van der Waals surface area contributed by atoms with Gasteiger partial charge in [-0.05, 0) is 24.3 Å². The van der Waals surface area contributed by atoms with Gasteiger partial charge in [-0.25, -0.2) is 23.5 Å². The molecule has 1 aliphatic rings. The molecule has 1 atom stereocenters. The fourth-order valence-corrected chi connectivity index (χ4v) is 2.58. The van der Waals surface area contributed by atoms with E-state index in [9.17, 15) is 18.4 Å². The predicted molar refractivity (Wildman–Crippen MR) is 98.1 cm³/mol. The van der Waals surface area contributed by atoms with E-state index in [2.05, 4.69) is 15.3 Å². The summed E-state index contributed by atoms with van der Waals surface area (Å²) in [5.74, 6) is -1.70. The first-order valence-electron chi connectivity index (χ1n) is 8.30. The zero-order valence-corrected chi connectivity index (χ0v) is 14.9. The molecule has 0 aliphatic carbocycles. The van der Waals surface area contributed by atoms with Gasteiger partial charge >= 0.3 is 6.09 Å². The number of hydrogen-bond acceptors (Lipinski definition) is 6. The minimum absolute atomic E-state index is 0.00129. The molecule has 0 radical (unpaired) electrons. The Morgan fingerprint density at radius 1 is 1.43 bits per heavy atom. The third-order valence-corrected chi connectivity index (χ3v) is 3.98. The number of nitrogen functional groups attached to an aromatic ring is 1. The summed E-state index contributed by atoms with van der Waals surface area (Å²) in [5.41, 5.74) is 5.66. The second-order valence-corrected chi connectivity index (χ2v) is 6.08. The number of rotatable bonds is 5. The summed E-state index contributed by atoms with van der Waals surface area (Å²) in [5, 5.41) is 2.56. The molecular formula is C18H17F2N5O3. The summed E-state index contributed by atoms with van der Waals surface area (Å²) in [6, 6.07) is 3.93. The lowest BCUT2D eigenvalue weighted by Gasteiger charge is -2.14. The second kappa shape index (κ2) is 7.99. The number of nitrogens with zero attached hydrogens (tertiary/aromatic N) is 3. The zero-order valence-electron chi connectivity index (χ0n) is 14.9. The fourth-order valence-electron chi connectivity index (χ4n) is 2.58. The smallest absolute Gasteiger partial charge is 0.414 e. The van der Waals surface area contributed by atoms with Gasteiger partial charge in [-0.15, -0.1) is 0 Å². The van der Waals surface area contributed by atoms with Crippen molar-refractivity contribution in [3.63, 3.8) is 0 Å². The highest BCUT2D eigenvalue weighted by molar-refractivity contribution is 5.90. The molecule has 0 spiro atoms. The standard InChI is InChI=1S/C18H17F2N5O3/c1-10(26)22-8-14-9-25(18(27)28-14)13-3-2-11(16(20)5-13)4-15(19)12-6-23-17(21)24-7-12/h2-7,14H,8-9H2,1H3,(H,22,26)(H2,21,23,24)/t14-/m0/s1. The molecule has 2 heterocycles. The number of anilines is 2. The largest absolute Gasteiger partial charge is 0.442 e. The van der Waals surface area contributed by atoms with Gasteiger partial charge in [0.05, 0.1) is 18.8 Å². The number of nitrogens with one attached hydrogen (secondary N) is 1. The van der Waals surface area contributed by atoms with E-state index in [1.165, 1.54) is 36.4 Å². The topological polar surface area (TPSA) is 110 Å². The molecule has 2 amide bonds. The highest BCUT2D eigenvalue weighted by Gasteiger charge is 2.32. The van der Waals surface area contributed by atoms with Crippen LogP contribution < -0.4 is 16.0 Å². The first-order chi connectivity index (χ1) is 13.3. The summed E-state index contributed by atoms with van der Waals surface area (Å²) >= 11 is 0. The molecule has 8 nitrogen and oxygen atoms in total. The molecule has 3 N–H and O–H groups in total. The molecule has 0 bridgehead atoms. The highest BCUT2D eigenvalue weighted by Crippen LogP contribution is 2.26. The molecule has 146 valence electrons. The Hall–Kier alpha value is -3.56. The maximum atomic E-state index is 14.4. The number of carbonyl (C=O) groups excluding carboxylic acids is 2. The van der Waals surface area contributed by atoms with E-state index in [-0.39, 0.29) is 41.8 Å². The van der Waals surface area contributed by atoms with Crippen LogP contribution >= 0.6 is 0 Å². The Kier molecular flexibility index (Phi) is 5.48. The number of hydrogen-bond donors (Lipinski definition) is 2. The normalized spacial score (nSPS) is 16.8. The lowest BCUT2D eigenvalue weighted by Crippen LogP contribution is -2.33. The number of benzene rings is 1. The van der Waals surface area contributed by atoms with Crippen molar-refractivity contribution in [3.8, 4) is 0 Å². The Balaban J connectivity index is 1.75. The van der Waals surface area contributed by atoms with Crippen molar-refractivity contribution in [2.24, 2.45) is 0 Å². The van der Waals surface area contributed by atoms with Crippen LogP contribution in [0.2, 0.25) is 0 Å². The molecule has 1 aromatic heterocycles. The van der Waals surface area contributed by atoms with Crippen molar-refractivity contribution in [3.05, 3.63) is 47.5 Å². The van der Waals surface area contributed by atoms with Gasteiger partial charge in [0.25, 0.3) is 0 Å². The molecule has 1 saturated heterocycles. The Bertz CT molecular complexity index is 933. The van der Waals surface area contributed by atoms with Crippen molar-refractivity contribution in [1.82, 2.24) is 15.3 Å². The number of cyclic esters (lactones) is 1. The second-order valence-electron chi connectivity index (χ2n) is 6.08.